The van der Waals surface area contributed by atoms with Crippen LogP contribution in [0.5, 0.6) is 0 Å². The number of ether oxygens (including phenoxy) is 1. The Morgan fingerprint density at radius 3 is 2.46 bits per heavy atom. The van der Waals surface area contributed by atoms with Crippen molar-refractivity contribution in [1.29, 1.82) is 0 Å². The minimum Gasteiger partial charge on any atom is -0.444 e. The summed E-state index contributed by atoms with van der Waals surface area (Å²) in [7, 11) is 0. The SMILES string of the molecule is Cc1ccccc1CCN(CCCCC(=O)c1cc2c3c(c1)CCC(=O)N3CCC2)C(=O)OC(C)(C)C. The molecule has 0 aliphatic carbocycles. The predicted molar refractivity (Wildman–Crippen MR) is 146 cm³/mol. The lowest BCUT2D eigenvalue weighted by Gasteiger charge is -2.35. The number of benzene rings is 2. The number of Topliss-reactive ketones (excluding diaryl/α,β-unsaturated/α-hetero) is 1. The van der Waals surface area contributed by atoms with E-state index in [0.717, 1.165) is 54.6 Å². The molecule has 0 atom stereocenters. The van der Waals surface area contributed by atoms with Gasteiger partial charge in [-0.25, -0.2) is 4.79 Å². The Morgan fingerprint density at radius 2 is 1.73 bits per heavy atom. The minimum absolute atomic E-state index is 0.136. The van der Waals surface area contributed by atoms with E-state index in [0.29, 0.717) is 38.8 Å². The molecule has 2 aliphatic rings. The molecule has 2 heterocycles. The summed E-state index contributed by atoms with van der Waals surface area (Å²) in [5, 5.41) is 0. The van der Waals surface area contributed by atoms with Gasteiger partial charge in [0.25, 0.3) is 0 Å². The Labute approximate surface area is 221 Å². The van der Waals surface area contributed by atoms with Gasteiger partial charge in [0.1, 0.15) is 5.60 Å². The summed E-state index contributed by atoms with van der Waals surface area (Å²) in [5.41, 5.74) is 5.96. The molecule has 6 nitrogen and oxygen atoms in total. The summed E-state index contributed by atoms with van der Waals surface area (Å²) in [6.45, 7) is 9.64. The van der Waals surface area contributed by atoms with Crippen molar-refractivity contribution in [3.05, 3.63) is 64.2 Å². The number of anilines is 1. The molecule has 2 amide bonds. The Morgan fingerprint density at radius 1 is 1.00 bits per heavy atom. The smallest absolute Gasteiger partial charge is 0.410 e. The number of hydrogen-bond donors (Lipinski definition) is 0. The van der Waals surface area contributed by atoms with Gasteiger partial charge >= 0.3 is 6.09 Å². The average molecular weight is 505 g/mol. The molecular formula is C31H40N2O4. The highest BCUT2D eigenvalue weighted by Crippen LogP contribution is 2.37. The maximum Gasteiger partial charge on any atom is 0.410 e. The van der Waals surface area contributed by atoms with Crippen LogP contribution in [0.15, 0.2) is 36.4 Å². The van der Waals surface area contributed by atoms with Gasteiger partial charge in [0.2, 0.25) is 5.91 Å². The number of rotatable bonds is 9. The summed E-state index contributed by atoms with van der Waals surface area (Å²) in [6, 6.07) is 12.2. The van der Waals surface area contributed by atoms with Crippen LogP contribution in [0.4, 0.5) is 10.5 Å². The second kappa shape index (κ2) is 11.5. The number of hydrogen-bond acceptors (Lipinski definition) is 4. The second-order valence-corrected chi connectivity index (χ2v) is 11.3. The first-order valence-corrected chi connectivity index (χ1v) is 13.6. The molecule has 0 fully saturated rings. The lowest BCUT2D eigenvalue weighted by Crippen LogP contribution is -2.39. The number of aryl methyl sites for hydroxylation is 3. The van der Waals surface area contributed by atoms with Crippen LogP contribution >= 0.6 is 0 Å². The van der Waals surface area contributed by atoms with E-state index in [1.165, 1.54) is 11.1 Å². The monoisotopic (exact) mass is 504 g/mol. The number of nitrogens with zero attached hydrogens (tertiary/aromatic N) is 2. The van der Waals surface area contributed by atoms with Crippen molar-refractivity contribution < 1.29 is 19.1 Å². The van der Waals surface area contributed by atoms with Crippen LogP contribution in [-0.4, -0.2) is 47.9 Å². The quantitative estimate of drug-likeness (QED) is 0.308. The first-order chi connectivity index (χ1) is 17.6. The van der Waals surface area contributed by atoms with Gasteiger partial charge in [0.05, 0.1) is 5.69 Å². The van der Waals surface area contributed by atoms with Gasteiger partial charge in [-0.15, -0.1) is 0 Å². The third kappa shape index (κ3) is 6.79. The molecule has 0 saturated heterocycles. The summed E-state index contributed by atoms with van der Waals surface area (Å²) >= 11 is 0. The Kier molecular flexibility index (Phi) is 8.35. The van der Waals surface area contributed by atoms with Gasteiger partial charge in [0.15, 0.2) is 5.78 Å². The average Bonchev–Trinajstić information content (AvgIpc) is 2.85. The molecule has 2 aliphatic heterocycles. The van der Waals surface area contributed by atoms with Crippen LogP contribution in [0.3, 0.4) is 0 Å². The molecule has 2 aromatic carbocycles. The summed E-state index contributed by atoms with van der Waals surface area (Å²) in [6.07, 6.45) is 5.44. The van der Waals surface area contributed by atoms with Crippen molar-refractivity contribution in [2.24, 2.45) is 0 Å². The van der Waals surface area contributed by atoms with Crippen molar-refractivity contribution in [2.45, 2.75) is 84.7 Å². The molecule has 0 aromatic heterocycles. The standard InChI is InChI=1S/C31H40N2O4/c1-22-10-5-6-11-23(22)16-19-32(30(36)37-31(2,3)4)17-8-7-13-27(34)26-20-24-12-9-18-33-28(35)15-14-25(21-26)29(24)33/h5-6,10-11,20-21H,7-9,12-19H2,1-4H3. The molecule has 6 heteroatoms. The fourth-order valence-corrected chi connectivity index (χ4v) is 5.31. The van der Waals surface area contributed by atoms with Crippen LogP contribution in [0, 0.1) is 6.92 Å². The molecular weight excluding hydrogens is 464 g/mol. The maximum atomic E-state index is 13.1. The topological polar surface area (TPSA) is 66.9 Å². The van der Waals surface area contributed by atoms with E-state index < -0.39 is 5.60 Å². The number of unbranched alkanes of at least 4 members (excludes halogenated alkanes) is 1. The summed E-state index contributed by atoms with van der Waals surface area (Å²) in [5.74, 6) is 0.335. The number of carbonyl (C=O) groups excluding carboxylic acids is 3. The lowest BCUT2D eigenvalue weighted by molar-refractivity contribution is -0.119. The van der Waals surface area contributed by atoms with Gasteiger partial charge in [-0.2, -0.15) is 0 Å². The van der Waals surface area contributed by atoms with Gasteiger partial charge in [-0.05, 0) is 101 Å². The third-order valence-electron chi connectivity index (χ3n) is 7.24. The van der Waals surface area contributed by atoms with Crippen molar-refractivity contribution in [1.82, 2.24) is 4.90 Å². The minimum atomic E-state index is -0.555. The van der Waals surface area contributed by atoms with Crippen molar-refractivity contribution in [3.8, 4) is 0 Å². The van der Waals surface area contributed by atoms with E-state index in [4.69, 9.17) is 4.74 Å². The second-order valence-electron chi connectivity index (χ2n) is 11.3. The van der Waals surface area contributed by atoms with Crippen molar-refractivity contribution in [2.75, 3.05) is 24.5 Å². The Hall–Kier alpha value is -3.15. The molecule has 0 unspecified atom stereocenters. The van der Waals surface area contributed by atoms with E-state index in [2.05, 4.69) is 19.1 Å². The highest BCUT2D eigenvalue weighted by atomic mass is 16.6. The molecule has 0 spiro atoms. The molecule has 0 bridgehead atoms. The number of amides is 2. The Bertz CT molecular complexity index is 1150. The van der Waals surface area contributed by atoms with Gasteiger partial charge in [-0.1, -0.05) is 24.3 Å². The first kappa shape index (κ1) is 26.9. The zero-order valence-electron chi connectivity index (χ0n) is 22.8. The molecule has 37 heavy (non-hydrogen) atoms. The highest BCUT2D eigenvalue weighted by Gasteiger charge is 2.30. The molecule has 198 valence electrons. The van der Waals surface area contributed by atoms with Crippen LogP contribution < -0.4 is 4.90 Å². The van der Waals surface area contributed by atoms with E-state index in [1.807, 2.05) is 49.9 Å². The van der Waals surface area contributed by atoms with E-state index >= 15 is 0 Å². The van der Waals surface area contributed by atoms with Gasteiger partial charge in [0, 0.05) is 38.0 Å². The zero-order valence-corrected chi connectivity index (χ0v) is 22.8. The largest absolute Gasteiger partial charge is 0.444 e. The van der Waals surface area contributed by atoms with Crippen molar-refractivity contribution >= 4 is 23.5 Å². The number of carbonyl (C=O) groups is 3. The first-order valence-electron chi connectivity index (χ1n) is 13.6. The van der Waals surface area contributed by atoms with Crippen LogP contribution in [0.2, 0.25) is 0 Å². The fraction of sp³-hybridized carbons (Fsp3) is 0.516. The van der Waals surface area contributed by atoms with Crippen LogP contribution in [0.25, 0.3) is 0 Å². The third-order valence-corrected chi connectivity index (χ3v) is 7.24. The van der Waals surface area contributed by atoms with E-state index in [9.17, 15) is 14.4 Å². The maximum absolute atomic E-state index is 13.1. The highest BCUT2D eigenvalue weighted by molar-refractivity contribution is 6.01. The Balaban J connectivity index is 1.35. The lowest BCUT2D eigenvalue weighted by atomic mass is 9.88. The van der Waals surface area contributed by atoms with Crippen molar-refractivity contribution in [3.63, 3.8) is 0 Å². The van der Waals surface area contributed by atoms with Crippen LogP contribution in [-0.2, 0) is 28.8 Å². The van der Waals surface area contributed by atoms with Crippen LogP contribution in [0.1, 0.15) is 85.5 Å². The predicted octanol–water partition coefficient (Wildman–Crippen LogP) is 6.05. The summed E-state index contributed by atoms with van der Waals surface area (Å²) in [4.78, 5) is 42.0. The van der Waals surface area contributed by atoms with Gasteiger partial charge in [-0.3, -0.25) is 9.59 Å². The fourth-order valence-electron chi connectivity index (χ4n) is 5.31. The van der Waals surface area contributed by atoms with Gasteiger partial charge < -0.3 is 14.5 Å². The van der Waals surface area contributed by atoms with E-state index in [1.54, 1.807) is 4.90 Å². The number of ketones is 1. The summed E-state index contributed by atoms with van der Waals surface area (Å²) < 4.78 is 5.66. The molecule has 2 aromatic rings. The molecule has 0 radical (unpaired) electrons. The molecule has 4 rings (SSSR count). The normalized spacial score (nSPS) is 14.8. The van der Waals surface area contributed by atoms with E-state index in [-0.39, 0.29) is 17.8 Å². The zero-order chi connectivity index (χ0) is 26.6. The molecule has 0 saturated carbocycles. The molecule has 0 N–H and O–H groups in total.